The van der Waals surface area contributed by atoms with E-state index in [0.29, 0.717) is 27.4 Å². The van der Waals surface area contributed by atoms with Gasteiger partial charge in [-0.2, -0.15) is 0 Å². The van der Waals surface area contributed by atoms with E-state index in [1.165, 1.54) is 0 Å². The second-order valence-corrected chi connectivity index (χ2v) is 5.25. The van der Waals surface area contributed by atoms with E-state index in [2.05, 4.69) is 15.0 Å². The Balaban J connectivity index is 2.13. The minimum Gasteiger partial charge on any atom is -0.250 e. The van der Waals surface area contributed by atoms with Crippen molar-refractivity contribution in [1.82, 2.24) is 15.0 Å². The number of hydrogen-bond acceptors (Lipinski definition) is 3. The van der Waals surface area contributed by atoms with Crippen molar-refractivity contribution < 1.29 is 0 Å². The second-order valence-electron chi connectivity index (χ2n) is 4.53. The number of aromatic nitrogens is 3. The molecule has 0 aliphatic carbocycles. The van der Waals surface area contributed by atoms with Crippen molar-refractivity contribution in [3.05, 3.63) is 64.5 Å². The third kappa shape index (κ3) is 2.89. The van der Waals surface area contributed by atoms with Crippen LogP contribution in [0, 0.1) is 6.92 Å². The van der Waals surface area contributed by atoms with Gasteiger partial charge < -0.3 is 0 Å². The monoisotopic (exact) mass is 315 g/mol. The maximum absolute atomic E-state index is 6.30. The average molecular weight is 316 g/mol. The Kier molecular flexibility index (Phi) is 3.86. The molecule has 0 amide bonds. The number of pyridine rings is 1. The Bertz CT molecular complexity index is 766. The maximum Gasteiger partial charge on any atom is 0.181 e. The van der Waals surface area contributed by atoms with Crippen molar-refractivity contribution in [3.63, 3.8) is 0 Å². The lowest BCUT2D eigenvalue weighted by Gasteiger charge is -2.08. The summed E-state index contributed by atoms with van der Waals surface area (Å²) in [7, 11) is 0. The van der Waals surface area contributed by atoms with E-state index in [1.807, 2.05) is 55.5 Å². The normalized spacial score (nSPS) is 10.6. The number of nitrogens with zero attached hydrogens (tertiary/aromatic N) is 3. The van der Waals surface area contributed by atoms with Crippen molar-refractivity contribution in [1.29, 1.82) is 0 Å². The van der Waals surface area contributed by atoms with Crippen molar-refractivity contribution in [2.24, 2.45) is 0 Å². The standard InChI is InChI=1S/C16H11Cl2N3/c1-10-6-5-9-12(19-10)16-20-14(17)13(15(18)21-16)11-7-3-2-4-8-11/h2-9H,1H3. The molecule has 0 aliphatic heterocycles. The lowest BCUT2D eigenvalue weighted by molar-refractivity contribution is 1.12. The summed E-state index contributed by atoms with van der Waals surface area (Å²) in [4.78, 5) is 13.0. The van der Waals surface area contributed by atoms with E-state index < -0.39 is 0 Å². The predicted octanol–water partition coefficient (Wildman–Crippen LogP) is 4.82. The van der Waals surface area contributed by atoms with E-state index >= 15 is 0 Å². The number of hydrogen-bond donors (Lipinski definition) is 0. The highest BCUT2D eigenvalue weighted by Gasteiger charge is 2.15. The molecule has 5 heteroatoms. The molecule has 0 unspecified atom stereocenters. The van der Waals surface area contributed by atoms with Gasteiger partial charge in [0.1, 0.15) is 16.0 Å². The second kappa shape index (κ2) is 5.80. The van der Waals surface area contributed by atoms with Crippen molar-refractivity contribution in [2.45, 2.75) is 6.92 Å². The summed E-state index contributed by atoms with van der Waals surface area (Å²) < 4.78 is 0. The van der Waals surface area contributed by atoms with Crippen LogP contribution in [0.1, 0.15) is 5.69 Å². The first-order chi connectivity index (χ1) is 10.1. The molecule has 0 N–H and O–H groups in total. The fourth-order valence-electron chi connectivity index (χ4n) is 2.03. The molecule has 3 rings (SSSR count). The van der Waals surface area contributed by atoms with Gasteiger partial charge in [0, 0.05) is 5.69 Å². The van der Waals surface area contributed by atoms with Crippen LogP contribution < -0.4 is 0 Å². The third-order valence-electron chi connectivity index (χ3n) is 3.00. The van der Waals surface area contributed by atoms with Gasteiger partial charge in [0.05, 0.1) is 5.56 Å². The molecular weight excluding hydrogens is 305 g/mol. The number of aryl methyl sites for hydroxylation is 1. The molecule has 0 saturated heterocycles. The molecule has 0 radical (unpaired) electrons. The van der Waals surface area contributed by atoms with E-state index in [-0.39, 0.29) is 0 Å². The molecule has 0 bridgehead atoms. The minimum absolute atomic E-state index is 0.319. The van der Waals surface area contributed by atoms with Crippen molar-refractivity contribution in [3.8, 4) is 22.6 Å². The SMILES string of the molecule is Cc1cccc(-c2nc(Cl)c(-c3ccccc3)c(Cl)n2)n1. The third-order valence-corrected chi connectivity index (χ3v) is 3.55. The Morgan fingerprint density at radius 2 is 1.43 bits per heavy atom. The fraction of sp³-hybridized carbons (Fsp3) is 0.0625. The topological polar surface area (TPSA) is 38.7 Å². The Morgan fingerprint density at radius 1 is 0.762 bits per heavy atom. The molecule has 0 fully saturated rings. The molecular formula is C16H11Cl2N3. The first kappa shape index (κ1) is 14.0. The summed E-state index contributed by atoms with van der Waals surface area (Å²) in [6, 6.07) is 15.2. The predicted molar refractivity (Wildman–Crippen MR) is 85.5 cm³/mol. The molecule has 2 aromatic heterocycles. The van der Waals surface area contributed by atoms with Crippen LogP contribution in [0.5, 0.6) is 0 Å². The summed E-state index contributed by atoms with van der Waals surface area (Å²) >= 11 is 12.6. The van der Waals surface area contributed by atoms with Gasteiger partial charge in [0.15, 0.2) is 5.82 Å². The molecule has 0 aliphatic rings. The average Bonchev–Trinajstić information content (AvgIpc) is 2.47. The highest BCUT2D eigenvalue weighted by Crippen LogP contribution is 2.33. The van der Waals surface area contributed by atoms with Gasteiger partial charge in [0.25, 0.3) is 0 Å². The van der Waals surface area contributed by atoms with Crippen molar-refractivity contribution >= 4 is 23.2 Å². The lowest BCUT2D eigenvalue weighted by Crippen LogP contribution is -1.97. The summed E-state index contributed by atoms with van der Waals surface area (Å²) in [5.41, 5.74) is 3.06. The van der Waals surface area contributed by atoms with Crippen LogP contribution in [0.25, 0.3) is 22.6 Å². The molecule has 1 aromatic carbocycles. The molecule has 0 saturated carbocycles. The van der Waals surface area contributed by atoms with Gasteiger partial charge in [-0.3, -0.25) is 0 Å². The maximum atomic E-state index is 6.30. The molecule has 3 aromatic rings. The first-order valence-corrected chi connectivity index (χ1v) is 7.13. The van der Waals surface area contributed by atoms with Crippen LogP contribution in [0.15, 0.2) is 48.5 Å². The first-order valence-electron chi connectivity index (χ1n) is 6.37. The lowest BCUT2D eigenvalue weighted by atomic mass is 10.1. The van der Waals surface area contributed by atoms with Crippen LogP contribution in [0.3, 0.4) is 0 Å². The smallest absolute Gasteiger partial charge is 0.181 e. The van der Waals surface area contributed by atoms with Gasteiger partial charge in [-0.15, -0.1) is 0 Å². The Labute approximate surface area is 132 Å². The molecule has 0 atom stereocenters. The minimum atomic E-state index is 0.319. The van der Waals surface area contributed by atoms with Crippen LogP contribution in [-0.4, -0.2) is 15.0 Å². The Morgan fingerprint density at radius 3 is 2.05 bits per heavy atom. The molecule has 21 heavy (non-hydrogen) atoms. The van der Waals surface area contributed by atoms with Gasteiger partial charge in [0.2, 0.25) is 0 Å². The highest BCUT2D eigenvalue weighted by atomic mass is 35.5. The zero-order valence-electron chi connectivity index (χ0n) is 11.2. The van der Waals surface area contributed by atoms with Gasteiger partial charge in [-0.05, 0) is 24.6 Å². The van der Waals surface area contributed by atoms with Gasteiger partial charge >= 0.3 is 0 Å². The van der Waals surface area contributed by atoms with Gasteiger partial charge in [-0.1, -0.05) is 59.6 Å². The van der Waals surface area contributed by atoms with E-state index in [9.17, 15) is 0 Å². The molecule has 0 spiro atoms. The zero-order valence-corrected chi connectivity index (χ0v) is 12.7. The van der Waals surface area contributed by atoms with Crippen molar-refractivity contribution in [2.75, 3.05) is 0 Å². The summed E-state index contributed by atoms with van der Waals surface area (Å²) in [6.07, 6.45) is 0. The van der Waals surface area contributed by atoms with Crippen LogP contribution in [0.2, 0.25) is 10.3 Å². The largest absolute Gasteiger partial charge is 0.250 e. The van der Waals surface area contributed by atoms with Crippen LogP contribution in [-0.2, 0) is 0 Å². The quantitative estimate of drug-likeness (QED) is 0.636. The summed E-state index contributed by atoms with van der Waals surface area (Å²) in [5.74, 6) is 0.424. The highest BCUT2D eigenvalue weighted by molar-refractivity contribution is 6.37. The van der Waals surface area contributed by atoms with Crippen LogP contribution >= 0.6 is 23.2 Å². The summed E-state index contributed by atoms with van der Waals surface area (Å²) in [5, 5.41) is 0.638. The molecule has 104 valence electrons. The van der Waals surface area contributed by atoms with E-state index in [1.54, 1.807) is 0 Å². The number of halogens is 2. The number of rotatable bonds is 2. The molecule has 3 nitrogen and oxygen atoms in total. The van der Waals surface area contributed by atoms with Crippen LogP contribution in [0.4, 0.5) is 0 Å². The summed E-state index contributed by atoms with van der Waals surface area (Å²) in [6.45, 7) is 1.91. The Hall–Kier alpha value is -1.97. The number of benzene rings is 1. The molecule has 2 heterocycles. The van der Waals surface area contributed by atoms with E-state index in [0.717, 1.165) is 11.3 Å². The zero-order chi connectivity index (χ0) is 14.8. The van der Waals surface area contributed by atoms with Gasteiger partial charge in [-0.25, -0.2) is 15.0 Å². The fourth-order valence-corrected chi connectivity index (χ4v) is 2.64. The van der Waals surface area contributed by atoms with E-state index in [4.69, 9.17) is 23.2 Å².